The van der Waals surface area contributed by atoms with Gasteiger partial charge in [0.25, 0.3) is 0 Å². The van der Waals surface area contributed by atoms with Crippen molar-refractivity contribution in [3.8, 4) is 5.75 Å². The third-order valence-corrected chi connectivity index (χ3v) is 4.31. The normalized spacial score (nSPS) is 13.0. The van der Waals surface area contributed by atoms with E-state index in [1.165, 1.54) is 12.1 Å². The van der Waals surface area contributed by atoms with Gasteiger partial charge in [-0.25, -0.2) is 18.1 Å². The highest BCUT2D eigenvalue weighted by Crippen LogP contribution is 2.18. The zero-order valence-electron chi connectivity index (χ0n) is 11.5. The highest BCUT2D eigenvalue weighted by atomic mass is 32.2. The van der Waals surface area contributed by atoms with Crippen LogP contribution in [-0.2, 0) is 10.0 Å². The van der Waals surface area contributed by atoms with Crippen molar-refractivity contribution in [2.75, 3.05) is 13.2 Å². The minimum absolute atomic E-state index is 0.0950. The van der Waals surface area contributed by atoms with Crippen LogP contribution < -0.4 is 9.46 Å². The molecule has 0 radical (unpaired) electrons. The van der Waals surface area contributed by atoms with Gasteiger partial charge in [0.2, 0.25) is 10.0 Å². The molecule has 1 aromatic heterocycles. The zero-order valence-corrected chi connectivity index (χ0v) is 12.3. The van der Waals surface area contributed by atoms with Crippen LogP contribution in [0.15, 0.2) is 41.6 Å². The third-order valence-electron chi connectivity index (χ3n) is 2.76. The van der Waals surface area contributed by atoms with Gasteiger partial charge in [-0.05, 0) is 31.2 Å². The van der Waals surface area contributed by atoms with Gasteiger partial charge in [-0.3, -0.25) is 0 Å². The molecule has 1 unspecified atom stereocenters. The number of aromatic nitrogens is 2. The summed E-state index contributed by atoms with van der Waals surface area (Å²) < 4.78 is 32.2. The van der Waals surface area contributed by atoms with E-state index in [9.17, 15) is 8.42 Å². The average Bonchev–Trinajstić information content (AvgIpc) is 2.99. The summed E-state index contributed by atoms with van der Waals surface area (Å²) in [7, 11) is -3.64. The van der Waals surface area contributed by atoms with Crippen LogP contribution in [0.4, 0.5) is 0 Å². The fourth-order valence-electron chi connectivity index (χ4n) is 1.75. The number of hydrogen-bond acceptors (Lipinski definition) is 5. The lowest BCUT2D eigenvalue weighted by Crippen LogP contribution is -2.27. The molecule has 3 N–H and O–H groups in total. The van der Waals surface area contributed by atoms with Crippen LogP contribution in [0, 0.1) is 0 Å². The Morgan fingerprint density at radius 3 is 2.67 bits per heavy atom. The minimum atomic E-state index is -3.64. The lowest BCUT2D eigenvalue weighted by Gasteiger charge is -2.12. The highest BCUT2D eigenvalue weighted by molar-refractivity contribution is 7.89. The molecule has 0 saturated carbocycles. The largest absolute Gasteiger partial charge is 0.491 e. The second-order valence-corrected chi connectivity index (χ2v) is 6.07. The van der Waals surface area contributed by atoms with E-state index < -0.39 is 16.1 Å². The molecule has 0 aliphatic rings. The molecule has 0 saturated heterocycles. The van der Waals surface area contributed by atoms with E-state index in [1.807, 2.05) is 0 Å². The molecule has 1 heterocycles. The van der Waals surface area contributed by atoms with Crippen molar-refractivity contribution >= 4 is 10.0 Å². The second-order valence-electron chi connectivity index (χ2n) is 4.36. The summed E-state index contributed by atoms with van der Waals surface area (Å²) in [5.74, 6) is 1.04. The Balaban J connectivity index is 2.08. The highest BCUT2D eigenvalue weighted by Gasteiger charge is 2.19. The Hall–Kier alpha value is -1.90. The Bertz CT molecular complexity index is 653. The topological polar surface area (TPSA) is 104 Å². The molecular formula is C13H17N3O4S. The smallest absolute Gasteiger partial charge is 0.241 e. The standard InChI is InChI=1S/C13H17N3O4S/c1-10(13-14-6-7-15-13)16-21(18,19)12-4-2-11(3-5-12)20-9-8-17/h2-7,10,16-17H,8-9H2,1H3,(H,14,15). The van der Waals surface area contributed by atoms with Crippen LogP contribution in [0.2, 0.25) is 0 Å². The van der Waals surface area contributed by atoms with Crippen LogP contribution in [0.1, 0.15) is 18.8 Å². The van der Waals surface area contributed by atoms with Crippen molar-refractivity contribution < 1.29 is 18.3 Å². The molecule has 1 atom stereocenters. The van der Waals surface area contributed by atoms with E-state index >= 15 is 0 Å². The van der Waals surface area contributed by atoms with Gasteiger partial charge in [-0.1, -0.05) is 0 Å². The van der Waals surface area contributed by atoms with Crippen LogP contribution in [0.5, 0.6) is 5.75 Å². The maximum atomic E-state index is 12.2. The number of nitrogens with one attached hydrogen (secondary N) is 2. The maximum absolute atomic E-state index is 12.2. The van der Waals surface area contributed by atoms with E-state index in [2.05, 4.69) is 14.7 Å². The summed E-state index contributed by atoms with van der Waals surface area (Å²) in [6, 6.07) is 5.52. The van der Waals surface area contributed by atoms with Gasteiger partial charge in [0.15, 0.2) is 0 Å². The number of rotatable bonds is 7. The summed E-state index contributed by atoms with van der Waals surface area (Å²) in [6.07, 6.45) is 3.20. The number of aliphatic hydroxyl groups is 1. The van der Waals surface area contributed by atoms with Crippen molar-refractivity contribution in [3.63, 3.8) is 0 Å². The first kappa shape index (κ1) is 15.5. The molecule has 114 valence electrons. The maximum Gasteiger partial charge on any atom is 0.241 e. The van der Waals surface area contributed by atoms with E-state index in [0.717, 1.165) is 0 Å². The van der Waals surface area contributed by atoms with Gasteiger partial charge in [-0.15, -0.1) is 0 Å². The molecule has 0 fully saturated rings. The fraction of sp³-hybridized carbons (Fsp3) is 0.308. The van der Waals surface area contributed by atoms with Crippen molar-refractivity contribution in [2.24, 2.45) is 0 Å². The first-order valence-corrected chi connectivity index (χ1v) is 7.86. The van der Waals surface area contributed by atoms with Crippen molar-refractivity contribution in [2.45, 2.75) is 17.9 Å². The second kappa shape index (κ2) is 6.70. The molecule has 8 heteroatoms. The predicted octanol–water partition coefficient (Wildman–Crippen LogP) is 0.820. The number of aromatic amines is 1. The van der Waals surface area contributed by atoms with Crippen molar-refractivity contribution in [3.05, 3.63) is 42.5 Å². The molecule has 0 aliphatic heterocycles. The first-order chi connectivity index (χ1) is 10.0. The Labute approximate surface area is 123 Å². The Morgan fingerprint density at radius 2 is 2.10 bits per heavy atom. The van der Waals surface area contributed by atoms with Crippen molar-refractivity contribution in [1.82, 2.24) is 14.7 Å². The summed E-state index contributed by atoms with van der Waals surface area (Å²) in [5.41, 5.74) is 0. The molecule has 0 spiro atoms. The molecule has 0 aliphatic carbocycles. The number of ether oxygens (including phenoxy) is 1. The number of nitrogens with zero attached hydrogens (tertiary/aromatic N) is 1. The molecule has 2 aromatic rings. The lowest BCUT2D eigenvalue weighted by molar-refractivity contribution is 0.201. The van der Waals surface area contributed by atoms with Gasteiger partial charge in [0, 0.05) is 12.4 Å². The number of sulfonamides is 1. The van der Waals surface area contributed by atoms with E-state index in [1.54, 1.807) is 31.5 Å². The van der Waals surface area contributed by atoms with E-state index in [-0.39, 0.29) is 18.1 Å². The SMILES string of the molecule is CC(NS(=O)(=O)c1ccc(OCCO)cc1)c1ncc[nH]1. The number of H-pyrrole nitrogens is 1. The fourth-order valence-corrected chi connectivity index (χ4v) is 2.96. The summed E-state index contributed by atoms with van der Waals surface area (Å²) >= 11 is 0. The third kappa shape index (κ3) is 4.03. The van der Waals surface area contributed by atoms with Gasteiger partial charge in [0.1, 0.15) is 18.2 Å². The van der Waals surface area contributed by atoms with Crippen molar-refractivity contribution in [1.29, 1.82) is 0 Å². The molecular weight excluding hydrogens is 294 g/mol. The Kier molecular flexibility index (Phi) is 4.94. The lowest BCUT2D eigenvalue weighted by atomic mass is 10.3. The minimum Gasteiger partial charge on any atom is -0.491 e. The molecule has 0 bridgehead atoms. The predicted molar refractivity (Wildman–Crippen MR) is 76.3 cm³/mol. The van der Waals surface area contributed by atoms with Gasteiger partial charge < -0.3 is 14.8 Å². The molecule has 21 heavy (non-hydrogen) atoms. The molecule has 7 nitrogen and oxygen atoms in total. The van der Waals surface area contributed by atoms with E-state index in [0.29, 0.717) is 11.6 Å². The van der Waals surface area contributed by atoms with Gasteiger partial charge >= 0.3 is 0 Å². The average molecular weight is 311 g/mol. The summed E-state index contributed by atoms with van der Waals surface area (Å²) in [4.78, 5) is 7.01. The van der Waals surface area contributed by atoms with Crippen LogP contribution in [0.3, 0.4) is 0 Å². The number of imidazole rings is 1. The van der Waals surface area contributed by atoms with Crippen LogP contribution in [-0.4, -0.2) is 36.7 Å². The number of hydrogen-bond donors (Lipinski definition) is 3. The molecule has 1 aromatic carbocycles. The van der Waals surface area contributed by atoms with E-state index in [4.69, 9.17) is 9.84 Å². The molecule has 2 rings (SSSR count). The first-order valence-electron chi connectivity index (χ1n) is 6.38. The quantitative estimate of drug-likeness (QED) is 0.702. The Morgan fingerprint density at radius 1 is 1.38 bits per heavy atom. The van der Waals surface area contributed by atoms with Gasteiger partial charge in [-0.2, -0.15) is 0 Å². The monoisotopic (exact) mass is 311 g/mol. The number of aliphatic hydroxyl groups excluding tert-OH is 1. The zero-order chi connectivity index (χ0) is 15.3. The number of benzene rings is 1. The molecule has 0 amide bonds. The van der Waals surface area contributed by atoms with Crippen LogP contribution >= 0.6 is 0 Å². The summed E-state index contributed by atoms with van der Waals surface area (Å²) in [6.45, 7) is 1.78. The summed E-state index contributed by atoms with van der Waals surface area (Å²) in [5, 5.41) is 8.66. The van der Waals surface area contributed by atoms with Crippen LogP contribution in [0.25, 0.3) is 0 Å². The van der Waals surface area contributed by atoms with Gasteiger partial charge in [0.05, 0.1) is 17.5 Å².